The van der Waals surface area contributed by atoms with Gasteiger partial charge in [-0.05, 0) is 36.4 Å². The van der Waals surface area contributed by atoms with E-state index in [1.165, 1.54) is 0 Å². The molecule has 2 aromatic rings. The molecule has 0 aromatic heterocycles. The van der Waals surface area contributed by atoms with Gasteiger partial charge in [0.2, 0.25) is 0 Å². The highest BCUT2D eigenvalue weighted by Gasteiger charge is 2.18. The molecule has 0 aliphatic carbocycles. The number of halogens is 1. The van der Waals surface area contributed by atoms with Crippen molar-refractivity contribution in [2.24, 2.45) is 0 Å². The molecule has 1 unspecified atom stereocenters. The number of benzene rings is 2. The summed E-state index contributed by atoms with van der Waals surface area (Å²) < 4.78 is 16.2. The summed E-state index contributed by atoms with van der Waals surface area (Å²) in [6.45, 7) is 1.99. The Morgan fingerprint density at radius 1 is 1.23 bits per heavy atom. The van der Waals surface area contributed by atoms with Gasteiger partial charge in [-0.1, -0.05) is 11.6 Å². The van der Waals surface area contributed by atoms with E-state index in [1.807, 2.05) is 43.4 Å². The Morgan fingerprint density at radius 3 is 2.69 bits per heavy atom. The highest BCUT2D eigenvalue weighted by molar-refractivity contribution is 6.32. The monoisotopic (exact) mass is 377 g/mol. The van der Waals surface area contributed by atoms with Gasteiger partial charge in [0.05, 0.1) is 19.2 Å². The van der Waals surface area contributed by atoms with E-state index >= 15 is 0 Å². The molecule has 0 saturated heterocycles. The number of fused-ring (bicyclic) bond motifs is 1. The van der Waals surface area contributed by atoms with Gasteiger partial charge < -0.3 is 24.4 Å². The van der Waals surface area contributed by atoms with Crippen molar-refractivity contribution in [3.05, 3.63) is 47.0 Å². The van der Waals surface area contributed by atoms with E-state index < -0.39 is 0 Å². The predicted molar refractivity (Wildman–Crippen MR) is 99.5 cm³/mol. The minimum atomic E-state index is -0.0590. The Labute approximate surface area is 157 Å². The minimum absolute atomic E-state index is 0.0590. The maximum atomic E-state index is 12.2. The Morgan fingerprint density at radius 2 is 1.96 bits per heavy atom. The predicted octanol–water partition coefficient (Wildman–Crippen LogP) is 1.77. The molecule has 26 heavy (non-hydrogen) atoms. The molecule has 138 valence electrons. The van der Waals surface area contributed by atoms with E-state index in [2.05, 4.69) is 5.32 Å². The number of carbonyl (C=O) groups is 1. The average molecular weight is 378 g/mol. The first-order valence-electron chi connectivity index (χ1n) is 8.38. The van der Waals surface area contributed by atoms with Crippen molar-refractivity contribution >= 4 is 23.2 Å². The van der Waals surface area contributed by atoms with Crippen LogP contribution >= 0.6 is 11.6 Å². The Balaban J connectivity index is 1.57. The van der Waals surface area contributed by atoms with Gasteiger partial charge in [0.25, 0.3) is 5.91 Å². The lowest BCUT2D eigenvalue weighted by atomic mass is 10.2. The topological polar surface area (TPSA) is 61.2 Å². The summed E-state index contributed by atoms with van der Waals surface area (Å²) in [6, 6.07) is 11.0. The van der Waals surface area contributed by atoms with Crippen molar-refractivity contribution in [2.75, 3.05) is 39.2 Å². The standard InChI is InChI=1S/C19H21ClN2O4/c1-22(12-18(23)21-14-3-5-15(24-2)6-4-14)11-13-9-16(20)19-17(10-13)25-7-8-26-19/h3-6,9-10H,7-8,11-12H2,1-2H3,(H,21,23)/p+1. The molecule has 0 radical (unpaired) electrons. The maximum Gasteiger partial charge on any atom is 0.279 e. The van der Waals surface area contributed by atoms with E-state index in [9.17, 15) is 4.79 Å². The van der Waals surface area contributed by atoms with E-state index in [0.717, 1.165) is 21.9 Å². The largest absolute Gasteiger partial charge is 0.497 e. The van der Waals surface area contributed by atoms with Crippen LogP contribution in [0.15, 0.2) is 36.4 Å². The fourth-order valence-corrected chi connectivity index (χ4v) is 3.12. The first-order valence-corrected chi connectivity index (χ1v) is 8.76. The van der Waals surface area contributed by atoms with Crippen molar-refractivity contribution < 1.29 is 23.9 Å². The van der Waals surface area contributed by atoms with E-state index in [0.29, 0.717) is 42.8 Å². The molecule has 2 N–H and O–H groups in total. The molecule has 1 heterocycles. The number of amides is 1. The van der Waals surface area contributed by atoms with Crippen LogP contribution < -0.4 is 24.4 Å². The van der Waals surface area contributed by atoms with E-state index in [4.69, 9.17) is 25.8 Å². The first-order chi connectivity index (χ1) is 12.5. The van der Waals surface area contributed by atoms with Crippen LogP contribution in [0, 0.1) is 0 Å². The molecule has 0 spiro atoms. The zero-order valence-corrected chi connectivity index (χ0v) is 15.6. The molecule has 7 heteroatoms. The minimum Gasteiger partial charge on any atom is -0.497 e. The second-order valence-electron chi connectivity index (χ2n) is 6.19. The second kappa shape index (κ2) is 8.29. The highest BCUT2D eigenvalue weighted by Crippen LogP contribution is 2.38. The summed E-state index contributed by atoms with van der Waals surface area (Å²) >= 11 is 6.26. The summed E-state index contributed by atoms with van der Waals surface area (Å²) in [4.78, 5) is 13.3. The fourth-order valence-electron chi connectivity index (χ4n) is 2.83. The summed E-state index contributed by atoms with van der Waals surface area (Å²) in [5.41, 5.74) is 1.74. The maximum absolute atomic E-state index is 12.2. The average Bonchev–Trinajstić information content (AvgIpc) is 2.62. The number of hydrogen-bond acceptors (Lipinski definition) is 4. The van der Waals surface area contributed by atoms with Crippen molar-refractivity contribution in [1.29, 1.82) is 0 Å². The van der Waals surface area contributed by atoms with E-state index in [1.54, 1.807) is 7.11 Å². The van der Waals surface area contributed by atoms with Crippen LogP contribution in [0.4, 0.5) is 5.69 Å². The van der Waals surface area contributed by atoms with Gasteiger partial charge in [-0.2, -0.15) is 0 Å². The molecule has 1 aliphatic rings. The van der Waals surface area contributed by atoms with Gasteiger partial charge in [0.15, 0.2) is 18.0 Å². The normalized spacial score (nSPS) is 13.8. The van der Waals surface area contributed by atoms with Gasteiger partial charge in [-0.25, -0.2) is 0 Å². The van der Waals surface area contributed by atoms with Crippen LogP contribution in [0.1, 0.15) is 5.56 Å². The van der Waals surface area contributed by atoms with Crippen LogP contribution in [-0.2, 0) is 11.3 Å². The second-order valence-corrected chi connectivity index (χ2v) is 6.60. The van der Waals surface area contributed by atoms with Crippen LogP contribution in [0.3, 0.4) is 0 Å². The van der Waals surface area contributed by atoms with Gasteiger partial charge >= 0.3 is 0 Å². The van der Waals surface area contributed by atoms with Gasteiger partial charge in [0.1, 0.15) is 25.5 Å². The lowest BCUT2D eigenvalue weighted by molar-refractivity contribution is -0.885. The smallest absolute Gasteiger partial charge is 0.279 e. The van der Waals surface area contributed by atoms with Crippen molar-refractivity contribution in [3.8, 4) is 17.2 Å². The van der Waals surface area contributed by atoms with Gasteiger partial charge in [0, 0.05) is 11.3 Å². The third kappa shape index (κ3) is 4.59. The van der Waals surface area contributed by atoms with Gasteiger partial charge in [-0.15, -0.1) is 0 Å². The molecular formula is C19H22ClN2O4+. The van der Waals surface area contributed by atoms with Crippen molar-refractivity contribution in [1.82, 2.24) is 0 Å². The number of rotatable bonds is 6. The summed E-state index contributed by atoms with van der Waals surface area (Å²) in [5, 5.41) is 3.42. The number of methoxy groups -OCH3 is 1. The lowest BCUT2D eigenvalue weighted by Crippen LogP contribution is -3.08. The number of nitrogens with one attached hydrogen (secondary N) is 2. The first kappa shape index (κ1) is 18.4. The third-order valence-electron chi connectivity index (χ3n) is 4.00. The Kier molecular flexibility index (Phi) is 5.85. The van der Waals surface area contributed by atoms with Crippen LogP contribution in [0.5, 0.6) is 17.2 Å². The molecule has 0 saturated carbocycles. The molecule has 1 amide bonds. The molecule has 1 aliphatic heterocycles. The SMILES string of the molecule is COc1ccc(NC(=O)C[NH+](C)Cc2cc(Cl)c3c(c2)OCCO3)cc1. The number of ether oxygens (including phenoxy) is 3. The van der Waals surface area contributed by atoms with Crippen molar-refractivity contribution in [2.45, 2.75) is 6.54 Å². The highest BCUT2D eigenvalue weighted by atomic mass is 35.5. The number of anilines is 1. The number of likely N-dealkylation sites (N-methyl/N-ethyl adjacent to an activating group) is 1. The van der Waals surface area contributed by atoms with E-state index in [-0.39, 0.29) is 5.91 Å². The zero-order valence-electron chi connectivity index (χ0n) is 14.8. The van der Waals surface area contributed by atoms with Crippen LogP contribution in [0.25, 0.3) is 0 Å². The Hall–Kier alpha value is -2.44. The summed E-state index contributed by atoms with van der Waals surface area (Å²) in [7, 11) is 3.56. The molecule has 6 nitrogen and oxygen atoms in total. The fraction of sp³-hybridized carbons (Fsp3) is 0.316. The van der Waals surface area contributed by atoms with Crippen LogP contribution in [-0.4, -0.2) is 39.8 Å². The molecule has 0 bridgehead atoms. The zero-order chi connectivity index (χ0) is 18.5. The molecule has 1 atom stereocenters. The number of hydrogen-bond donors (Lipinski definition) is 2. The molecule has 0 fully saturated rings. The number of carbonyl (C=O) groups excluding carboxylic acids is 1. The lowest BCUT2D eigenvalue weighted by Gasteiger charge is -2.21. The molecule has 2 aromatic carbocycles. The van der Waals surface area contributed by atoms with Gasteiger partial charge in [-0.3, -0.25) is 4.79 Å². The Bertz CT molecular complexity index is 780. The summed E-state index contributed by atoms with van der Waals surface area (Å²) in [6.07, 6.45) is 0. The summed E-state index contributed by atoms with van der Waals surface area (Å²) in [5.74, 6) is 1.95. The number of quaternary nitrogens is 1. The van der Waals surface area contributed by atoms with Crippen molar-refractivity contribution in [3.63, 3.8) is 0 Å². The third-order valence-corrected chi connectivity index (χ3v) is 4.28. The van der Waals surface area contributed by atoms with Crippen LogP contribution in [0.2, 0.25) is 5.02 Å². The molecule has 3 rings (SSSR count). The molecular weight excluding hydrogens is 356 g/mol. The quantitative estimate of drug-likeness (QED) is 0.805.